The molecule has 2 aromatic rings. The Balaban J connectivity index is 1.49. The zero-order valence-electron chi connectivity index (χ0n) is 10.8. The Labute approximate surface area is 126 Å². The zero-order chi connectivity index (χ0) is 13.9. The molecule has 0 aliphatic carbocycles. The Hall–Kier alpha value is -1.52. The normalized spacial score (nSPS) is 14.9. The molecule has 20 heavy (non-hydrogen) atoms. The Kier molecular flexibility index (Phi) is 3.94. The van der Waals surface area contributed by atoms with Crippen molar-refractivity contribution in [2.45, 2.75) is 12.5 Å². The molecule has 0 spiro atoms. The minimum atomic E-state index is 0.0429. The fourth-order valence-electron chi connectivity index (χ4n) is 2.12. The fourth-order valence-corrected chi connectivity index (χ4v) is 2.96. The van der Waals surface area contributed by atoms with Crippen molar-refractivity contribution in [3.8, 4) is 5.75 Å². The molecule has 0 atom stereocenters. The van der Waals surface area contributed by atoms with E-state index in [-0.39, 0.29) is 12.0 Å². The summed E-state index contributed by atoms with van der Waals surface area (Å²) in [4.78, 5) is 13.8. The standard InChI is InChI=1S/C15H14ClNO2S/c16-13-3-1-2-4-14(13)19-12-8-17(9-12)15(18)7-11-5-6-20-10-11/h1-6,10,12H,7-9H2. The van der Waals surface area contributed by atoms with Gasteiger partial charge >= 0.3 is 0 Å². The van der Waals surface area contributed by atoms with Crippen molar-refractivity contribution in [1.82, 2.24) is 4.90 Å². The van der Waals surface area contributed by atoms with E-state index in [1.807, 2.05) is 39.9 Å². The highest BCUT2D eigenvalue weighted by Crippen LogP contribution is 2.26. The number of hydrogen-bond donors (Lipinski definition) is 0. The highest BCUT2D eigenvalue weighted by molar-refractivity contribution is 7.08. The number of nitrogens with zero attached hydrogens (tertiary/aromatic N) is 1. The number of thiophene rings is 1. The first kappa shape index (κ1) is 13.5. The Morgan fingerprint density at radius 3 is 2.85 bits per heavy atom. The molecule has 1 aliphatic rings. The smallest absolute Gasteiger partial charge is 0.227 e. The number of benzene rings is 1. The van der Waals surface area contributed by atoms with Crippen LogP contribution in [0, 0.1) is 0 Å². The van der Waals surface area contributed by atoms with Gasteiger partial charge in [0.1, 0.15) is 11.9 Å². The van der Waals surface area contributed by atoms with Gasteiger partial charge in [-0.2, -0.15) is 11.3 Å². The molecule has 3 rings (SSSR count). The van der Waals surface area contributed by atoms with Gasteiger partial charge in [-0.3, -0.25) is 4.79 Å². The Morgan fingerprint density at radius 1 is 1.35 bits per heavy atom. The Bertz CT molecular complexity index is 594. The number of hydrogen-bond acceptors (Lipinski definition) is 3. The van der Waals surface area contributed by atoms with Crippen molar-refractivity contribution >= 4 is 28.8 Å². The summed E-state index contributed by atoms with van der Waals surface area (Å²) in [6.07, 6.45) is 0.517. The van der Waals surface area contributed by atoms with E-state index >= 15 is 0 Å². The van der Waals surface area contributed by atoms with Crippen LogP contribution in [0.3, 0.4) is 0 Å². The van der Waals surface area contributed by atoms with Crippen molar-refractivity contribution in [3.63, 3.8) is 0 Å². The summed E-state index contributed by atoms with van der Waals surface area (Å²) >= 11 is 7.65. The molecule has 1 fully saturated rings. The summed E-state index contributed by atoms with van der Waals surface area (Å²) in [5.74, 6) is 0.839. The largest absolute Gasteiger partial charge is 0.485 e. The van der Waals surface area contributed by atoms with Gasteiger partial charge < -0.3 is 9.64 Å². The zero-order valence-corrected chi connectivity index (χ0v) is 12.4. The average Bonchev–Trinajstić information content (AvgIpc) is 2.88. The molecule has 1 aromatic carbocycles. The summed E-state index contributed by atoms with van der Waals surface area (Å²) in [7, 11) is 0. The van der Waals surface area contributed by atoms with E-state index in [0.717, 1.165) is 5.56 Å². The van der Waals surface area contributed by atoms with E-state index in [1.54, 1.807) is 17.4 Å². The third-order valence-corrected chi connectivity index (χ3v) is 4.31. The van der Waals surface area contributed by atoms with Crippen LogP contribution in [0.5, 0.6) is 5.75 Å². The van der Waals surface area contributed by atoms with Crippen molar-refractivity contribution in [2.75, 3.05) is 13.1 Å². The first-order chi connectivity index (χ1) is 9.72. The number of likely N-dealkylation sites (tertiary alicyclic amines) is 1. The molecule has 0 bridgehead atoms. The minimum Gasteiger partial charge on any atom is -0.485 e. The molecule has 1 aliphatic heterocycles. The van der Waals surface area contributed by atoms with E-state index in [0.29, 0.717) is 30.3 Å². The van der Waals surface area contributed by atoms with Crippen molar-refractivity contribution in [3.05, 3.63) is 51.7 Å². The topological polar surface area (TPSA) is 29.5 Å². The van der Waals surface area contributed by atoms with Gasteiger partial charge in [0.2, 0.25) is 5.91 Å². The second-order valence-electron chi connectivity index (χ2n) is 4.78. The summed E-state index contributed by atoms with van der Waals surface area (Å²) in [6.45, 7) is 1.27. The molecular formula is C15H14ClNO2S. The molecule has 1 amide bonds. The maximum atomic E-state index is 12.0. The number of halogens is 1. The van der Waals surface area contributed by atoms with Crippen LogP contribution in [0.2, 0.25) is 5.02 Å². The highest BCUT2D eigenvalue weighted by Gasteiger charge is 2.32. The predicted octanol–water partition coefficient (Wildman–Crippen LogP) is 3.23. The summed E-state index contributed by atoms with van der Waals surface area (Å²) < 4.78 is 5.77. The molecule has 1 saturated heterocycles. The van der Waals surface area contributed by atoms with Crippen molar-refractivity contribution in [2.24, 2.45) is 0 Å². The van der Waals surface area contributed by atoms with Crippen LogP contribution in [0.15, 0.2) is 41.1 Å². The van der Waals surface area contributed by atoms with Crippen LogP contribution < -0.4 is 4.74 Å². The lowest BCUT2D eigenvalue weighted by molar-refractivity contribution is -0.139. The van der Waals surface area contributed by atoms with Gasteiger partial charge in [-0.05, 0) is 34.5 Å². The van der Waals surface area contributed by atoms with Crippen LogP contribution >= 0.6 is 22.9 Å². The monoisotopic (exact) mass is 307 g/mol. The highest BCUT2D eigenvalue weighted by atomic mass is 35.5. The van der Waals surface area contributed by atoms with Crippen molar-refractivity contribution < 1.29 is 9.53 Å². The molecule has 2 heterocycles. The minimum absolute atomic E-state index is 0.0429. The van der Waals surface area contributed by atoms with Crippen LogP contribution in [-0.2, 0) is 11.2 Å². The van der Waals surface area contributed by atoms with E-state index in [2.05, 4.69) is 0 Å². The number of ether oxygens (including phenoxy) is 1. The maximum Gasteiger partial charge on any atom is 0.227 e. The van der Waals surface area contributed by atoms with Gasteiger partial charge in [0, 0.05) is 0 Å². The van der Waals surface area contributed by atoms with Gasteiger partial charge in [0.25, 0.3) is 0 Å². The second kappa shape index (κ2) is 5.85. The van der Waals surface area contributed by atoms with Gasteiger partial charge in [-0.15, -0.1) is 0 Å². The maximum absolute atomic E-state index is 12.0. The predicted molar refractivity (Wildman–Crippen MR) is 80.5 cm³/mol. The van der Waals surface area contributed by atoms with E-state index < -0.39 is 0 Å². The van der Waals surface area contributed by atoms with E-state index in [4.69, 9.17) is 16.3 Å². The lowest BCUT2D eigenvalue weighted by Gasteiger charge is -2.39. The van der Waals surface area contributed by atoms with Crippen LogP contribution in [0.4, 0.5) is 0 Å². The van der Waals surface area contributed by atoms with Gasteiger partial charge in [-0.25, -0.2) is 0 Å². The Morgan fingerprint density at radius 2 is 2.15 bits per heavy atom. The van der Waals surface area contributed by atoms with E-state index in [1.165, 1.54) is 0 Å². The second-order valence-corrected chi connectivity index (χ2v) is 5.96. The van der Waals surface area contributed by atoms with Gasteiger partial charge in [0.15, 0.2) is 0 Å². The number of carbonyl (C=O) groups is 1. The molecule has 0 N–H and O–H groups in total. The molecule has 0 unspecified atom stereocenters. The first-order valence-corrected chi connectivity index (χ1v) is 7.74. The third kappa shape index (κ3) is 2.97. The lowest BCUT2D eigenvalue weighted by atomic mass is 10.1. The van der Waals surface area contributed by atoms with Crippen molar-refractivity contribution in [1.29, 1.82) is 0 Å². The van der Waals surface area contributed by atoms with Gasteiger partial charge in [-0.1, -0.05) is 23.7 Å². The number of para-hydroxylation sites is 1. The molecule has 0 saturated carbocycles. The number of carbonyl (C=O) groups excluding carboxylic acids is 1. The number of amides is 1. The molecule has 0 radical (unpaired) electrons. The van der Waals surface area contributed by atoms with Crippen LogP contribution in [-0.4, -0.2) is 30.0 Å². The first-order valence-electron chi connectivity index (χ1n) is 6.42. The lowest BCUT2D eigenvalue weighted by Crippen LogP contribution is -2.56. The quantitative estimate of drug-likeness (QED) is 0.868. The van der Waals surface area contributed by atoms with Gasteiger partial charge in [0.05, 0.1) is 24.5 Å². The number of rotatable bonds is 4. The summed E-state index contributed by atoms with van der Waals surface area (Å²) in [6, 6.07) is 9.39. The molecule has 3 nitrogen and oxygen atoms in total. The molecule has 5 heteroatoms. The molecular weight excluding hydrogens is 294 g/mol. The average molecular weight is 308 g/mol. The molecule has 104 valence electrons. The van der Waals surface area contributed by atoms with Crippen LogP contribution in [0.25, 0.3) is 0 Å². The fraction of sp³-hybridized carbons (Fsp3) is 0.267. The summed E-state index contributed by atoms with van der Waals surface area (Å²) in [5.41, 5.74) is 1.08. The SMILES string of the molecule is O=C(Cc1ccsc1)N1CC(Oc2ccccc2Cl)C1. The van der Waals surface area contributed by atoms with E-state index in [9.17, 15) is 4.79 Å². The third-order valence-electron chi connectivity index (χ3n) is 3.27. The summed E-state index contributed by atoms with van der Waals surface area (Å²) in [5, 5.41) is 4.60. The van der Waals surface area contributed by atoms with Crippen LogP contribution in [0.1, 0.15) is 5.56 Å². The molecule has 1 aromatic heterocycles.